The molecule has 0 spiro atoms. The molecule has 0 unspecified atom stereocenters. The van der Waals surface area contributed by atoms with Gasteiger partial charge in [-0.3, -0.25) is 19.4 Å². The summed E-state index contributed by atoms with van der Waals surface area (Å²) in [4.78, 5) is 42.0. The van der Waals surface area contributed by atoms with Crippen LogP contribution in [0.25, 0.3) is 0 Å². The van der Waals surface area contributed by atoms with Crippen molar-refractivity contribution in [3.63, 3.8) is 0 Å². The van der Waals surface area contributed by atoms with Gasteiger partial charge < -0.3 is 15.4 Å². The lowest BCUT2D eigenvalue weighted by atomic mass is 9.87. The van der Waals surface area contributed by atoms with Crippen LogP contribution in [-0.4, -0.2) is 84.6 Å². The Balaban J connectivity index is 1.44. The Morgan fingerprint density at radius 1 is 1.08 bits per heavy atom. The van der Waals surface area contributed by atoms with Crippen LogP contribution in [0.3, 0.4) is 0 Å². The van der Waals surface area contributed by atoms with Crippen LogP contribution in [0, 0.1) is 0 Å². The van der Waals surface area contributed by atoms with Gasteiger partial charge in [0, 0.05) is 19.6 Å². The zero-order chi connectivity index (χ0) is 28.5. The molecule has 0 bridgehead atoms. The maximum absolute atomic E-state index is 13.5. The van der Waals surface area contributed by atoms with Crippen molar-refractivity contribution in [2.45, 2.75) is 101 Å². The summed E-state index contributed by atoms with van der Waals surface area (Å²) in [6.45, 7) is 7.10. The monoisotopic (exact) mass is 562 g/mol. The number of amides is 3. The number of hydrogen-bond acceptors (Lipinski definition) is 7. The second-order valence-electron chi connectivity index (χ2n) is 12.0. The summed E-state index contributed by atoms with van der Waals surface area (Å²) in [6, 6.07) is 6.15. The first-order chi connectivity index (χ1) is 18.3. The van der Waals surface area contributed by atoms with Gasteiger partial charge in [-0.25, -0.2) is 13.2 Å². The number of aryl methyl sites for hydroxylation is 1. The predicted molar refractivity (Wildman–Crippen MR) is 148 cm³/mol. The van der Waals surface area contributed by atoms with Crippen molar-refractivity contribution in [1.29, 1.82) is 0 Å². The summed E-state index contributed by atoms with van der Waals surface area (Å²) >= 11 is 0. The molecule has 1 aromatic carbocycles. The highest BCUT2D eigenvalue weighted by Crippen LogP contribution is 2.34. The van der Waals surface area contributed by atoms with E-state index in [0.717, 1.165) is 24.8 Å². The maximum atomic E-state index is 13.5. The zero-order valence-corrected chi connectivity index (χ0v) is 24.4. The first-order valence-corrected chi connectivity index (χ1v) is 15.6. The summed E-state index contributed by atoms with van der Waals surface area (Å²) in [6.07, 6.45) is 3.28. The van der Waals surface area contributed by atoms with Gasteiger partial charge in [-0.1, -0.05) is 24.3 Å². The van der Waals surface area contributed by atoms with Gasteiger partial charge in [-0.05, 0) is 77.3 Å². The van der Waals surface area contributed by atoms with E-state index in [-0.39, 0.29) is 30.7 Å². The lowest BCUT2D eigenvalue weighted by Crippen LogP contribution is -2.54. The van der Waals surface area contributed by atoms with Crippen LogP contribution in [0.1, 0.15) is 77.0 Å². The van der Waals surface area contributed by atoms with E-state index in [1.165, 1.54) is 17.5 Å². The van der Waals surface area contributed by atoms with Gasteiger partial charge in [0.2, 0.25) is 11.8 Å². The molecular weight excluding hydrogens is 520 g/mol. The highest BCUT2D eigenvalue weighted by Gasteiger charge is 2.47. The van der Waals surface area contributed by atoms with E-state index in [4.69, 9.17) is 4.74 Å². The third-order valence-corrected chi connectivity index (χ3v) is 10.2. The first-order valence-electron chi connectivity index (χ1n) is 13.9. The highest BCUT2D eigenvalue weighted by atomic mass is 32.2. The number of benzene rings is 1. The Bertz CT molecular complexity index is 1200. The fourth-order valence-electron chi connectivity index (χ4n) is 5.81. The van der Waals surface area contributed by atoms with Crippen LogP contribution >= 0.6 is 0 Å². The maximum Gasteiger partial charge on any atom is 0.410 e. The number of nitrogens with zero attached hydrogens (tertiary/aromatic N) is 2. The second kappa shape index (κ2) is 11.4. The number of sulfone groups is 1. The van der Waals surface area contributed by atoms with Crippen molar-refractivity contribution in [2.75, 3.05) is 19.3 Å². The number of carbonyl (C=O) groups is 3. The quantitative estimate of drug-likeness (QED) is 0.565. The van der Waals surface area contributed by atoms with E-state index < -0.39 is 50.9 Å². The van der Waals surface area contributed by atoms with E-state index in [1.807, 2.05) is 18.2 Å². The Morgan fingerprint density at radius 3 is 2.51 bits per heavy atom. The lowest BCUT2D eigenvalue weighted by molar-refractivity contribution is -0.127. The number of fused-ring (bicyclic) bond motifs is 2. The van der Waals surface area contributed by atoms with Gasteiger partial charge in [-0.15, -0.1) is 0 Å². The minimum absolute atomic E-state index is 0.0697. The second-order valence-corrected chi connectivity index (χ2v) is 14.3. The fraction of sp³-hybridized carbons (Fsp3) is 0.679. The largest absolute Gasteiger partial charge is 0.444 e. The van der Waals surface area contributed by atoms with Gasteiger partial charge in [0.05, 0.1) is 17.8 Å². The fourth-order valence-corrected chi connectivity index (χ4v) is 7.84. The number of carbonyl (C=O) groups excluding carboxylic acids is 3. The van der Waals surface area contributed by atoms with Gasteiger partial charge in [0.25, 0.3) is 0 Å². The molecule has 0 saturated carbocycles. The zero-order valence-electron chi connectivity index (χ0n) is 23.6. The molecule has 216 valence electrons. The SMILES string of the molecule is C[C@@H](C(=O)N[C@H]1CCS(=O)(=O)[C@H]2CC[C@@H](C(=O)N[C@@H]3CCCc4ccccc43)N2C1)N(C)C(=O)OC(C)(C)C. The molecule has 0 radical (unpaired) electrons. The van der Waals surface area contributed by atoms with Crippen molar-refractivity contribution in [3.05, 3.63) is 35.4 Å². The van der Waals surface area contributed by atoms with Crippen LogP contribution in [0.2, 0.25) is 0 Å². The molecule has 5 atom stereocenters. The molecular formula is C28H42N4O6S. The van der Waals surface area contributed by atoms with Gasteiger partial charge in [0.1, 0.15) is 17.0 Å². The van der Waals surface area contributed by atoms with Crippen LogP contribution < -0.4 is 10.6 Å². The molecule has 11 heteroatoms. The van der Waals surface area contributed by atoms with Crippen molar-refractivity contribution >= 4 is 27.7 Å². The smallest absolute Gasteiger partial charge is 0.410 e. The minimum atomic E-state index is -3.47. The average molecular weight is 563 g/mol. The van der Waals surface area contributed by atoms with Crippen molar-refractivity contribution in [2.24, 2.45) is 0 Å². The third-order valence-electron chi connectivity index (χ3n) is 8.03. The lowest BCUT2D eigenvalue weighted by Gasteiger charge is -2.33. The number of nitrogens with one attached hydrogen (secondary N) is 2. The van der Waals surface area contributed by atoms with Crippen molar-refractivity contribution in [3.8, 4) is 0 Å². The molecule has 1 aromatic rings. The summed E-state index contributed by atoms with van der Waals surface area (Å²) in [5.41, 5.74) is 1.67. The molecule has 3 amide bonds. The number of hydrogen-bond donors (Lipinski definition) is 2. The normalized spacial score (nSPS) is 27.3. The molecule has 2 saturated heterocycles. The van der Waals surface area contributed by atoms with E-state index >= 15 is 0 Å². The summed E-state index contributed by atoms with van der Waals surface area (Å²) in [5.74, 6) is -0.637. The summed E-state index contributed by atoms with van der Waals surface area (Å²) in [5, 5.41) is 5.39. The Labute approximate surface area is 231 Å². The van der Waals surface area contributed by atoms with E-state index in [9.17, 15) is 22.8 Å². The van der Waals surface area contributed by atoms with Crippen LogP contribution in [0.4, 0.5) is 4.79 Å². The van der Waals surface area contributed by atoms with Gasteiger partial charge >= 0.3 is 6.09 Å². The number of ether oxygens (including phenoxy) is 1. The minimum Gasteiger partial charge on any atom is -0.444 e. The highest BCUT2D eigenvalue weighted by molar-refractivity contribution is 7.91. The Hall–Kier alpha value is -2.66. The van der Waals surface area contributed by atoms with Crippen LogP contribution in [0.5, 0.6) is 0 Å². The molecule has 2 aliphatic heterocycles. The molecule has 2 fully saturated rings. The predicted octanol–water partition coefficient (Wildman–Crippen LogP) is 2.53. The molecule has 39 heavy (non-hydrogen) atoms. The Morgan fingerprint density at radius 2 is 1.79 bits per heavy atom. The van der Waals surface area contributed by atoms with E-state index in [0.29, 0.717) is 12.8 Å². The standard InChI is InChI=1S/C28H42N4O6S/c1-18(31(5)27(35)38-28(2,3)4)25(33)29-20-15-16-39(36,37)24-14-13-23(32(24)17-20)26(34)30-22-12-8-10-19-9-6-7-11-21(19)22/h6-7,9,11,18,20,22-24H,8,10,12-17H2,1-5H3,(H,29,33)(H,30,34)/t18-,20-,22+,23-,24-/m0/s1. The summed E-state index contributed by atoms with van der Waals surface area (Å²) < 4.78 is 31.7. The molecule has 2 heterocycles. The third kappa shape index (κ3) is 6.74. The van der Waals surface area contributed by atoms with Gasteiger partial charge in [-0.2, -0.15) is 0 Å². The first kappa shape index (κ1) is 29.3. The Kier molecular flexibility index (Phi) is 8.61. The molecule has 10 nitrogen and oxygen atoms in total. The van der Waals surface area contributed by atoms with E-state index in [1.54, 1.807) is 32.6 Å². The van der Waals surface area contributed by atoms with Crippen LogP contribution in [0.15, 0.2) is 24.3 Å². The topological polar surface area (TPSA) is 125 Å². The van der Waals surface area contributed by atoms with Crippen molar-refractivity contribution < 1.29 is 27.5 Å². The van der Waals surface area contributed by atoms with E-state index in [2.05, 4.69) is 16.7 Å². The number of likely N-dealkylation sites (N-methyl/N-ethyl adjacent to an activating group) is 1. The van der Waals surface area contributed by atoms with Gasteiger partial charge in [0.15, 0.2) is 9.84 Å². The molecule has 3 aliphatic rings. The number of rotatable bonds is 5. The van der Waals surface area contributed by atoms with Crippen LogP contribution in [-0.2, 0) is 30.6 Å². The van der Waals surface area contributed by atoms with Crippen molar-refractivity contribution in [1.82, 2.24) is 20.4 Å². The molecule has 0 aromatic heterocycles. The molecule has 1 aliphatic carbocycles. The summed E-state index contributed by atoms with van der Waals surface area (Å²) in [7, 11) is -1.98. The molecule has 2 N–H and O–H groups in total. The molecule has 4 rings (SSSR count). The average Bonchev–Trinajstić information content (AvgIpc) is 3.25.